The lowest BCUT2D eigenvalue weighted by Gasteiger charge is -2.43. The van der Waals surface area contributed by atoms with E-state index in [-0.39, 0.29) is 41.0 Å². The minimum absolute atomic E-state index is 0.0243. The summed E-state index contributed by atoms with van der Waals surface area (Å²) in [6, 6.07) is -21.7. The molecule has 0 saturated carbocycles. The molecule has 20 heteroatoms. The molecule has 648 valence electrons. The number of piperidine rings is 5. The second-order valence-corrected chi connectivity index (χ2v) is 27.5. The number of ketones is 5. The molecule has 118 heavy (non-hydrogen) atoms. The summed E-state index contributed by atoms with van der Waals surface area (Å²) in [7, 11) is -10.8. The van der Waals surface area contributed by atoms with Crippen LogP contribution in [0.5, 0.6) is 57.5 Å². The Kier molecular flexibility index (Phi) is 11.8. The van der Waals surface area contributed by atoms with Gasteiger partial charge in [0.1, 0.15) is 28.9 Å². The van der Waals surface area contributed by atoms with Gasteiger partial charge in [0.2, 0.25) is 0 Å². The van der Waals surface area contributed by atoms with Crippen molar-refractivity contribution in [1.82, 2.24) is 24.5 Å². The van der Waals surface area contributed by atoms with Gasteiger partial charge in [0.25, 0.3) is 0 Å². The summed E-state index contributed by atoms with van der Waals surface area (Å²) in [5, 5.41) is 0. The number of benzene rings is 5. The van der Waals surface area contributed by atoms with E-state index >= 15 is 0 Å². The zero-order valence-corrected chi connectivity index (χ0v) is 66.0. The fourth-order valence-electron chi connectivity index (χ4n) is 13.4. The van der Waals surface area contributed by atoms with Crippen LogP contribution in [-0.4, -0.2) is 189 Å². The maximum Gasteiger partial charge on any atom is 0.161 e. The lowest BCUT2D eigenvalue weighted by molar-refractivity contribution is -0.130. The molecule has 0 spiro atoms. The number of carbonyl (C=O) groups is 5. The molecule has 10 aliphatic rings. The minimum atomic E-state index is -4.21. The van der Waals surface area contributed by atoms with E-state index in [0.29, 0.717) is 41.9 Å². The van der Waals surface area contributed by atoms with Gasteiger partial charge in [-0.1, -0.05) is 88.1 Å². The maximum atomic E-state index is 13.9. The number of hydrogen-bond donors (Lipinski definition) is 0. The van der Waals surface area contributed by atoms with E-state index in [1.807, 2.05) is 13.8 Å². The summed E-state index contributed by atoms with van der Waals surface area (Å²) in [5.41, 5.74) is -7.15. The van der Waals surface area contributed by atoms with Gasteiger partial charge in [0.15, 0.2) is 57.5 Å². The van der Waals surface area contributed by atoms with Crippen LogP contribution >= 0.6 is 0 Å². The third-order valence-corrected chi connectivity index (χ3v) is 19.1. The molecule has 0 aromatic heterocycles. The SMILES string of the molecule is [2H]c1c(OC)c(OC([2H])([2H])[2H])c([2H])c2c1C1([2H])CC(=O)C(C([2H])([2H])C([2H])(C([2H])([2H])[2H])C([2H])([2H])C)C([2H])([2H])N1C([2H])([2H])C2([2H])[2H].[2H]c1c(OC)c(OC([2H])([2H])[2H])c([2H])c2c1C1([2H])CC(=O)C(C([2H])([2H])C([2H])(C([2H])([2H])[2H])C([2H])([2H])C)CN1C([2H])([2H])C2([2H])[2H].[2H]c1c(OC)c(OC([2H])([2H])[2H])c([2H])c2c1C1([2H])CC(=O)C(CC(C)C)C([2H])([2H])N1C([2H])([2H])C2([2H])[2H].[2H]c1c(OC)c(OC([2H])([2H])[2H])c([2H])c2c1C1([2H])CC(=O)C(CC(C)C)CN1C([2H])([2H])C2([2H])[2H].[2H]c1c2c(c([2H])c(OC)c1OC([2H])([2H])[2H])C1N(CC2)C([2H])([2H])C([2H])(C([2H])([2H])C([2H])(C([2H])([2H])[2H])C([2H])([2H])C)C(=O)C1([2H])[2H]. The van der Waals surface area contributed by atoms with E-state index in [1.54, 1.807) is 13.8 Å². The molecule has 0 bridgehead atoms. The maximum absolute atomic E-state index is 13.9. The molecular weight excluding hydrogens is 1490 g/mol. The van der Waals surface area contributed by atoms with Crippen molar-refractivity contribution in [2.45, 2.75) is 214 Å². The van der Waals surface area contributed by atoms with E-state index in [1.165, 1.54) is 0 Å². The van der Waals surface area contributed by atoms with Gasteiger partial charge in [-0.25, -0.2) is 0 Å². The van der Waals surface area contributed by atoms with Crippen molar-refractivity contribution in [2.24, 2.45) is 59.1 Å². The number of rotatable bonds is 23. The van der Waals surface area contributed by atoms with Crippen LogP contribution < -0.4 is 47.4 Å². The van der Waals surface area contributed by atoms with Crippen LogP contribution in [0.15, 0.2) is 60.4 Å². The van der Waals surface area contributed by atoms with Crippen molar-refractivity contribution in [3.8, 4) is 57.5 Å². The molecule has 0 N–H and O–H groups in total. The van der Waals surface area contributed by atoms with E-state index in [0.717, 1.165) is 40.4 Å². The van der Waals surface area contributed by atoms with Crippen LogP contribution in [0.25, 0.3) is 0 Å². The average molecular weight is 1710 g/mol. The summed E-state index contributed by atoms with van der Waals surface area (Å²) in [4.78, 5) is 69.3. The molecule has 0 aliphatic carbocycles. The summed E-state index contributed by atoms with van der Waals surface area (Å²) in [6.07, 6.45) is -41.9. The second-order valence-electron chi connectivity index (χ2n) is 27.5. The third-order valence-electron chi connectivity index (χ3n) is 19.1. The minimum Gasteiger partial charge on any atom is -0.493 e. The van der Waals surface area contributed by atoms with E-state index < -0.39 is 485 Å². The van der Waals surface area contributed by atoms with Crippen molar-refractivity contribution in [1.29, 1.82) is 0 Å². The topological polar surface area (TPSA) is 194 Å². The van der Waals surface area contributed by atoms with Crippen LogP contribution in [0.4, 0.5) is 0 Å². The van der Waals surface area contributed by atoms with Gasteiger partial charge in [-0.2, -0.15) is 0 Å². The monoisotopic (exact) mass is 1710 g/mol. The van der Waals surface area contributed by atoms with Crippen LogP contribution in [0.1, 0.15) is 345 Å². The van der Waals surface area contributed by atoms with Crippen LogP contribution in [0, 0.1) is 59.1 Å². The zero-order chi connectivity index (χ0) is 153. The Morgan fingerprint density at radius 1 is 0.398 bits per heavy atom. The number of ether oxygens (including phenoxy) is 10. The predicted octanol–water partition coefficient (Wildman–Crippen LogP) is 17.4. The Balaban J connectivity index is 0.000000226. The van der Waals surface area contributed by atoms with Gasteiger partial charge in [-0.05, 0) is 209 Å². The van der Waals surface area contributed by atoms with Gasteiger partial charge < -0.3 is 47.4 Å². The van der Waals surface area contributed by atoms with Gasteiger partial charge in [-0.3, -0.25) is 48.5 Å². The second kappa shape index (κ2) is 41.7. The number of carbonyl (C=O) groups excluding carboxylic acids is 5. The molecule has 5 saturated heterocycles. The summed E-state index contributed by atoms with van der Waals surface area (Å²) >= 11 is 0. The molecule has 0 radical (unpaired) electrons. The van der Waals surface area contributed by atoms with Crippen molar-refractivity contribution < 1.29 is 178 Å². The molecule has 13 unspecified atom stereocenters. The smallest absolute Gasteiger partial charge is 0.161 e. The quantitative estimate of drug-likeness (QED) is 0.0598. The summed E-state index contributed by atoms with van der Waals surface area (Å²) in [5.74, 6) is -36.4. The highest BCUT2D eigenvalue weighted by molar-refractivity contribution is 5.86. The normalized spacial score (nSPS) is 45.0. The lowest BCUT2D eigenvalue weighted by Crippen LogP contribution is -2.46. The number of fused-ring (bicyclic) bond motifs is 15. The highest BCUT2D eigenvalue weighted by Crippen LogP contribution is 2.49. The molecule has 20 nitrogen and oxygen atoms in total. The Morgan fingerprint density at radius 3 is 1.11 bits per heavy atom. The number of Topliss-reactive ketones (excluding diaryl/α,β-unsaturated/α-hetero) is 5. The van der Waals surface area contributed by atoms with Crippen molar-refractivity contribution in [3.63, 3.8) is 0 Å². The predicted molar refractivity (Wildman–Crippen MR) is 465 cm³/mol. The molecule has 13 atom stereocenters. The van der Waals surface area contributed by atoms with Crippen LogP contribution in [-0.2, 0) is 55.9 Å². The summed E-state index contributed by atoms with van der Waals surface area (Å²) < 4.78 is 696. The molecule has 5 fully saturated rings. The molecular formula is C98H141N5O15. The molecule has 0 amide bonds. The molecule has 5 aromatic carbocycles. The first kappa shape index (κ1) is 33.5. The first-order chi connectivity index (χ1) is 86.7. The largest absolute Gasteiger partial charge is 0.493 e. The van der Waals surface area contributed by atoms with E-state index in [9.17, 15) is 26.7 Å². The highest BCUT2D eigenvalue weighted by atomic mass is 16.5. The first-order valence-electron chi connectivity index (χ1n) is 75.4. The van der Waals surface area contributed by atoms with Crippen molar-refractivity contribution in [3.05, 3.63) is 116 Å². The molecule has 5 aromatic rings. The highest BCUT2D eigenvalue weighted by Gasteiger charge is 2.45. The lowest BCUT2D eigenvalue weighted by atomic mass is 9.79. The van der Waals surface area contributed by atoms with Gasteiger partial charge in [-0.15, -0.1) is 0 Å². The van der Waals surface area contributed by atoms with E-state index in [2.05, 4.69) is 0 Å². The Hall–Kier alpha value is -7.75. The number of hydrogen-bond acceptors (Lipinski definition) is 20. The van der Waals surface area contributed by atoms with Gasteiger partial charge >= 0.3 is 0 Å². The fraction of sp³-hybridized carbons (Fsp3) is 0.643. The molecule has 15 rings (SSSR count). The van der Waals surface area contributed by atoms with Crippen LogP contribution in [0.2, 0.25) is 0 Å². The standard InChI is InChI=1S/3C20H29NO3.2C19H27NO3/c3*1-5-13(2)8-15-12-21-7-6-14-9-19(23-3)20(24-4)10-16(14)17(21)11-18(15)22;2*1-12(2)7-14-11-20-6-5-13-8-18(22-3)19(23-4)9-15(13)16(20)10-17(14)21/h3*9-10,13,15,17H,5-8,11-12H2,1-4H3;2*8-9,12,14,16H,5-7,10-11H2,1-4H3/i2D3,3D3,5D2,6D2,7D2,8D2,9D,10D,12D2,13D,17D;2D3,3D3,5D2,8D2,9D,10D,11D2,12D2,13D,15D;2D3,3D3,5D2,6D2,7D2,8D2,9D,10D,13D,17D;3D3,5D2,6D2,8D,9D,11D2,16D;3D3,5D2,6D2,8D,9D,16D. The number of methoxy groups -OCH3 is 10. The number of nitrogens with zero attached hydrogens (tertiary/aromatic N) is 5. The van der Waals surface area contributed by atoms with E-state index in [4.69, 9.17) is 152 Å². The summed E-state index contributed by atoms with van der Waals surface area (Å²) in [6.45, 7) is -28.1. The average Bonchev–Trinajstić information content (AvgIpc) is 0.648. The first-order valence-corrected chi connectivity index (χ1v) is 36.4. The van der Waals surface area contributed by atoms with Crippen molar-refractivity contribution >= 4 is 28.9 Å². The van der Waals surface area contributed by atoms with Gasteiger partial charge in [0, 0.05) is 224 Å². The van der Waals surface area contributed by atoms with Crippen molar-refractivity contribution in [2.75, 3.05) is 136 Å². The molecule has 10 aliphatic heterocycles. The Morgan fingerprint density at radius 2 is 0.720 bits per heavy atom. The Bertz CT molecular complexity index is 8040. The van der Waals surface area contributed by atoms with Crippen LogP contribution in [0.3, 0.4) is 0 Å². The fourth-order valence-corrected chi connectivity index (χ4v) is 13.4. The third kappa shape index (κ3) is 21.0. The Labute approximate surface area is 815 Å². The van der Waals surface area contributed by atoms with Gasteiger partial charge in [0.05, 0.1) is 110 Å². The molecule has 10 heterocycles. The zero-order valence-electron chi connectivity index (χ0n) is 144.